The van der Waals surface area contributed by atoms with Gasteiger partial charge in [0, 0.05) is 36.2 Å². The van der Waals surface area contributed by atoms with Crippen molar-refractivity contribution in [2.45, 2.75) is 0 Å². The molecule has 2 rings (SSSR count). The largest absolute Gasteiger partial charge is 0.368 e. The van der Waals surface area contributed by atoms with Gasteiger partial charge >= 0.3 is 0 Å². The second-order valence-electron chi connectivity index (χ2n) is 4.10. The van der Waals surface area contributed by atoms with Gasteiger partial charge in [-0.05, 0) is 25.2 Å². The molecule has 1 heterocycles. The van der Waals surface area contributed by atoms with E-state index in [1.165, 1.54) is 5.69 Å². The third-order valence-electron chi connectivity index (χ3n) is 2.96. The molecular weight excluding hydrogens is 264 g/mol. The van der Waals surface area contributed by atoms with E-state index in [9.17, 15) is 0 Å². The van der Waals surface area contributed by atoms with Gasteiger partial charge in [0.2, 0.25) is 0 Å². The van der Waals surface area contributed by atoms with Crippen LogP contribution in [0.5, 0.6) is 0 Å². The molecule has 0 aromatic heterocycles. The van der Waals surface area contributed by atoms with Gasteiger partial charge in [0.05, 0.1) is 5.69 Å². The quantitative estimate of drug-likeness (QED) is 0.727. The highest BCUT2D eigenvalue weighted by molar-refractivity contribution is 9.10. The van der Waals surface area contributed by atoms with Crippen molar-refractivity contribution < 1.29 is 0 Å². The normalized spacial score (nSPS) is 17.2. The predicted molar refractivity (Wildman–Crippen MR) is 71.8 cm³/mol. The van der Waals surface area contributed by atoms with Gasteiger partial charge in [-0.25, -0.2) is 0 Å². The summed E-state index contributed by atoms with van der Waals surface area (Å²) in [5, 5.41) is 0. The highest BCUT2D eigenvalue weighted by atomic mass is 79.9. The summed E-state index contributed by atoms with van der Waals surface area (Å²) >= 11 is 3.50. The minimum Gasteiger partial charge on any atom is -0.368 e. The van der Waals surface area contributed by atoms with Gasteiger partial charge < -0.3 is 9.80 Å². The van der Waals surface area contributed by atoms with Crippen molar-refractivity contribution in [2.24, 2.45) is 0 Å². The lowest BCUT2D eigenvalue weighted by molar-refractivity contribution is 0.313. The van der Waals surface area contributed by atoms with E-state index >= 15 is 0 Å². The second-order valence-corrected chi connectivity index (χ2v) is 5.01. The van der Waals surface area contributed by atoms with E-state index in [0.29, 0.717) is 0 Å². The molecule has 0 atom stereocenters. The van der Waals surface area contributed by atoms with Crippen molar-refractivity contribution in [3.63, 3.8) is 0 Å². The first kappa shape index (κ1) is 11.5. The Labute approximate surface area is 105 Å². The molecule has 1 aliphatic heterocycles. The maximum atomic E-state index is 5.53. The van der Waals surface area contributed by atoms with Crippen LogP contribution >= 0.6 is 15.9 Å². The van der Waals surface area contributed by atoms with Gasteiger partial charge in [0.15, 0.2) is 0 Å². The van der Waals surface area contributed by atoms with E-state index in [-0.39, 0.29) is 0 Å². The highest BCUT2D eigenvalue weighted by Gasteiger charge is 2.16. The predicted octanol–water partition coefficient (Wildman–Crippen LogP) is 2.18. The molecule has 1 aromatic carbocycles. The number of rotatable bonds is 1. The van der Waals surface area contributed by atoms with Crippen LogP contribution < -0.4 is 4.90 Å². The fourth-order valence-electron chi connectivity index (χ4n) is 1.94. The van der Waals surface area contributed by atoms with E-state index < -0.39 is 0 Å². The molecule has 1 aliphatic rings. The van der Waals surface area contributed by atoms with Crippen molar-refractivity contribution in [3.05, 3.63) is 28.2 Å². The standard InChI is InChI=1S/C13H15BrN2/c1-3-11-4-5-12(14)10-13(11)16-8-6-15(2)7-9-16/h1,4-5,10H,6-9H2,2H3. The number of halogens is 1. The van der Waals surface area contributed by atoms with Crippen molar-refractivity contribution in [3.8, 4) is 12.3 Å². The van der Waals surface area contributed by atoms with Crippen LogP contribution in [0, 0.1) is 12.3 Å². The number of hydrogen-bond acceptors (Lipinski definition) is 2. The number of benzene rings is 1. The van der Waals surface area contributed by atoms with Gasteiger partial charge in [0.25, 0.3) is 0 Å². The molecule has 1 saturated heterocycles. The van der Waals surface area contributed by atoms with E-state index in [4.69, 9.17) is 6.42 Å². The molecule has 1 aromatic rings. The summed E-state index contributed by atoms with van der Waals surface area (Å²) in [5.41, 5.74) is 2.15. The third-order valence-corrected chi connectivity index (χ3v) is 3.45. The zero-order chi connectivity index (χ0) is 11.5. The van der Waals surface area contributed by atoms with Gasteiger partial charge in [0.1, 0.15) is 0 Å². The summed E-state index contributed by atoms with van der Waals surface area (Å²) in [6.45, 7) is 4.27. The number of likely N-dealkylation sites (N-methyl/N-ethyl adjacent to an activating group) is 1. The first-order chi connectivity index (χ1) is 7.70. The van der Waals surface area contributed by atoms with Gasteiger partial charge in [-0.1, -0.05) is 21.9 Å². The van der Waals surface area contributed by atoms with Crippen molar-refractivity contribution in [1.82, 2.24) is 4.90 Å². The molecule has 0 radical (unpaired) electrons. The lowest BCUT2D eigenvalue weighted by Gasteiger charge is -2.34. The van der Waals surface area contributed by atoms with Crippen LogP contribution in [0.25, 0.3) is 0 Å². The minimum atomic E-state index is 0.979. The smallest absolute Gasteiger partial charge is 0.0537 e. The van der Waals surface area contributed by atoms with E-state index in [2.05, 4.69) is 44.8 Å². The van der Waals surface area contributed by atoms with Crippen LogP contribution in [0.15, 0.2) is 22.7 Å². The molecule has 16 heavy (non-hydrogen) atoms. The molecule has 0 bridgehead atoms. The maximum Gasteiger partial charge on any atom is 0.0537 e. The summed E-state index contributed by atoms with van der Waals surface area (Å²) in [5.74, 6) is 2.76. The number of anilines is 1. The van der Waals surface area contributed by atoms with E-state index in [1.807, 2.05) is 12.1 Å². The molecule has 3 heteroatoms. The molecule has 84 valence electrons. The molecule has 0 spiro atoms. The fourth-order valence-corrected chi connectivity index (χ4v) is 2.28. The zero-order valence-corrected chi connectivity index (χ0v) is 11.0. The average molecular weight is 279 g/mol. The van der Waals surface area contributed by atoms with E-state index in [1.54, 1.807) is 0 Å². The third kappa shape index (κ3) is 2.40. The Hall–Kier alpha value is -0.980. The van der Waals surface area contributed by atoms with Gasteiger partial charge in [-0.2, -0.15) is 0 Å². The van der Waals surface area contributed by atoms with Crippen LogP contribution in [0.2, 0.25) is 0 Å². The van der Waals surface area contributed by atoms with Crippen LogP contribution in [0.3, 0.4) is 0 Å². The molecule has 0 N–H and O–H groups in total. The number of hydrogen-bond donors (Lipinski definition) is 0. The molecule has 0 amide bonds. The van der Waals surface area contributed by atoms with Crippen LogP contribution in [-0.4, -0.2) is 38.1 Å². The number of nitrogens with zero attached hydrogens (tertiary/aromatic N) is 2. The SMILES string of the molecule is C#Cc1ccc(Br)cc1N1CCN(C)CC1. The Morgan fingerprint density at radius 3 is 2.56 bits per heavy atom. The molecule has 0 aliphatic carbocycles. The monoisotopic (exact) mass is 278 g/mol. The zero-order valence-electron chi connectivity index (χ0n) is 9.41. The average Bonchev–Trinajstić information content (AvgIpc) is 2.30. The summed E-state index contributed by atoms with van der Waals surface area (Å²) in [4.78, 5) is 4.70. The van der Waals surface area contributed by atoms with Crippen molar-refractivity contribution >= 4 is 21.6 Å². The summed E-state index contributed by atoms with van der Waals surface area (Å²) < 4.78 is 1.08. The Bertz CT molecular complexity index is 414. The Kier molecular flexibility index (Phi) is 3.52. The van der Waals surface area contributed by atoms with E-state index in [0.717, 1.165) is 36.2 Å². The van der Waals surface area contributed by atoms with Crippen LogP contribution in [-0.2, 0) is 0 Å². The van der Waals surface area contributed by atoms with Gasteiger partial charge in [-0.15, -0.1) is 6.42 Å². The van der Waals surface area contributed by atoms with Crippen molar-refractivity contribution in [1.29, 1.82) is 0 Å². The van der Waals surface area contributed by atoms with Gasteiger partial charge in [-0.3, -0.25) is 0 Å². The lowest BCUT2D eigenvalue weighted by Crippen LogP contribution is -2.44. The molecule has 0 unspecified atom stereocenters. The summed E-state index contributed by atoms with van der Waals surface area (Å²) in [6, 6.07) is 6.10. The summed E-state index contributed by atoms with van der Waals surface area (Å²) in [6.07, 6.45) is 5.53. The lowest BCUT2D eigenvalue weighted by atomic mass is 10.1. The highest BCUT2D eigenvalue weighted by Crippen LogP contribution is 2.25. The number of terminal acetylenes is 1. The molecule has 1 fully saturated rings. The Balaban J connectivity index is 2.26. The van der Waals surface area contributed by atoms with Crippen LogP contribution in [0.1, 0.15) is 5.56 Å². The number of piperazine rings is 1. The Morgan fingerprint density at radius 1 is 1.25 bits per heavy atom. The fraction of sp³-hybridized carbons (Fsp3) is 0.385. The van der Waals surface area contributed by atoms with Crippen LogP contribution in [0.4, 0.5) is 5.69 Å². The van der Waals surface area contributed by atoms with Crippen molar-refractivity contribution in [2.75, 3.05) is 38.1 Å². The first-order valence-electron chi connectivity index (χ1n) is 5.40. The first-order valence-corrected chi connectivity index (χ1v) is 6.19. The Morgan fingerprint density at radius 2 is 1.94 bits per heavy atom. The second kappa shape index (κ2) is 4.90. The molecule has 0 saturated carbocycles. The molecule has 2 nitrogen and oxygen atoms in total. The molecular formula is C13H15BrN2. The summed E-state index contributed by atoms with van der Waals surface area (Å²) in [7, 11) is 2.15. The minimum absolute atomic E-state index is 0.979. The maximum absolute atomic E-state index is 5.53. The topological polar surface area (TPSA) is 6.48 Å².